The van der Waals surface area contributed by atoms with Crippen LogP contribution in [-0.2, 0) is 14.3 Å². The van der Waals surface area contributed by atoms with Gasteiger partial charge in [-0.3, -0.25) is 9.59 Å². The predicted octanol–water partition coefficient (Wildman–Crippen LogP) is 4.70. The van der Waals surface area contributed by atoms with Gasteiger partial charge in [0, 0.05) is 28.2 Å². The normalized spacial score (nSPS) is 23.7. The lowest BCUT2D eigenvalue weighted by molar-refractivity contribution is -0.140. The van der Waals surface area contributed by atoms with E-state index in [1.165, 1.54) is 4.90 Å². The summed E-state index contributed by atoms with van der Waals surface area (Å²) in [5.41, 5.74) is 1.27. The molecule has 7 heteroatoms. The lowest BCUT2D eigenvalue weighted by atomic mass is 9.95. The van der Waals surface area contributed by atoms with Crippen LogP contribution in [-0.4, -0.2) is 41.0 Å². The smallest absolute Gasteiger partial charge is 0.295 e. The van der Waals surface area contributed by atoms with Gasteiger partial charge in [-0.1, -0.05) is 39.7 Å². The highest BCUT2D eigenvalue weighted by Crippen LogP contribution is 2.40. The second-order valence-corrected chi connectivity index (χ2v) is 8.50. The Balaban J connectivity index is 1.81. The first kappa shape index (κ1) is 20.1. The zero-order valence-electron chi connectivity index (χ0n) is 15.5. The lowest BCUT2D eigenvalue weighted by Gasteiger charge is -2.27. The van der Waals surface area contributed by atoms with Crippen LogP contribution in [0.15, 0.2) is 58.6 Å². The fourth-order valence-electron chi connectivity index (χ4n) is 3.83. The van der Waals surface area contributed by atoms with Gasteiger partial charge in [0.2, 0.25) is 0 Å². The zero-order chi connectivity index (χ0) is 20.5. The molecule has 0 aromatic heterocycles. The van der Waals surface area contributed by atoms with Gasteiger partial charge >= 0.3 is 0 Å². The van der Waals surface area contributed by atoms with Crippen molar-refractivity contribution in [2.45, 2.75) is 25.0 Å². The highest BCUT2D eigenvalue weighted by molar-refractivity contribution is 9.10. The number of hydrogen-bond donors (Lipinski definition) is 1. The van der Waals surface area contributed by atoms with E-state index >= 15 is 0 Å². The molecular weight excluding hydrogens is 458 g/mol. The molecular formula is C22H19BrClNO4. The second-order valence-electron chi connectivity index (χ2n) is 7.14. The number of amides is 1. The third-order valence-electron chi connectivity index (χ3n) is 5.27. The van der Waals surface area contributed by atoms with Crippen LogP contribution in [0.4, 0.5) is 0 Å². The number of Topliss-reactive ketones (excluding diaryl/α,β-unsaturated/α-hetero) is 1. The van der Waals surface area contributed by atoms with Crippen LogP contribution in [0.5, 0.6) is 0 Å². The number of likely N-dealkylation sites (tertiary alicyclic amines) is 1. The van der Waals surface area contributed by atoms with Crippen LogP contribution >= 0.6 is 27.5 Å². The van der Waals surface area contributed by atoms with Crippen molar-refractivity contribution in [2.75, 3.05) is 13.2 Å². The molecule has 5 nitrogen and oxygen atoms in total. The molecule has 2 aliphatic rings. The van der Waals surface area contributed by atoms with E-state index in [1.54, 1.807) is 24.3 Å². The van der Waals surface area contributed by atoms with Gasteiger partial charge in [0.1, 0.15) is 5.76 Å². The molecule has 2 atom stereocenters. The second kappa shape index (κ2) is 8.30. The van der Waals surface area contributed by atoms with E-state index in [4.69, 9.17) is 16.3 Å². The molecule has 150 valence electrons. The van der Waals surface area contributed by atoms with Crippen LogP contribution < -0.4 is 0 Å². The van der Waals surface area contributed by atoms with E-state index in [0.29, 0.717) is 23.7 Å². The van der Waals surface area contributed by atoms with Crippen molar-refractivity contribution in [1.82, 2.24) is 4.90 Å². The van der Waals surface area contributed by atoms with Gasteiger partial charge in [-0.25, -0.2) is 0 Å². The number of carbonyl (C=O) groups excluding carboxylic acids is 2. The summed E-state index contributed by atoms with van der Waals surface area (Å²) in [7, 11) is 0. The summed E-state index contributed by atoms with van der Waals surface area (Å²) >= 11 is 9.35. The number of hydrogen-bond acceptors (Lipinski definition) is 4. The molecule has 1 amide bonds. The molecule has 0 saturated carbocycles. The Bertz CT molecular complexity index is 965. The Hall–Kier alpha value is -2.15. The maximum Gasteiger partial charge on any atom is 0.295 e. The summed E-state index contributed by atoms with van der Waals surface area (Å²) in [5.74, 6) is -1.52. The Morgan fingerprint density at radius 1 is 1.14 bits per heavy atom. The number of nitrogens with zero attached hydrogens (tertiary/aromatic N) is 1. The summed E-state index contributed by atoms with van der Waals surface area (Å²) in [4.78, 5) is 27.3. The number of rotatable bonds is 4. The molecule has 29 heavy (non-hydrogen) atoms. The molecule has 0 unspecified atom stereocenters. The van der Waals surface area contributed by atoms with E-state index in [2.05, 4.69) is 15.9 Å². The van der Waals surface area contributed by atoms with Crippen molar-refractivity contribution in [1.29, 1.82) is 0 Å². The third-order valence-corrected chi connectivity index (χ3v) is 6.05. The fourth-order valence-corrected chi connectivity index (χ4v) is 4.22. The monoisotopic (exact) mass is 475 g/mol. The number of ether oxygens (including phenoxy) is 1. The average molecular weight is 477 g/mol. The number of aliphatic hydroxyl groups is 1. The topological polar surface area (TPSA) is 66.8 Å². The van der Waals surface area contributed by atoms with Crippen LogP contribution in [0.25, 0.3) is 5.76 Å². The highest BCUT2D eigenvalue weighted by atomic mass is 79.9. The molecule has 2 heterocycles. The Labute approximate surface area is 182 Å². The van der Waals surface area contributed by atoms with Crippen LogP contribution in [0, 0.1) is 0 Å². The van der Waals surface area contributed by atoms with E-state index in [0.717, 1.165) is 22.9 Å². The number of ketones is 1. The van der Waals surface area contributed by atoms with Gasteiger partial charge in [0.05, 0.1) is 17.7 Å². The minimum atomic E-state index is -0.691. The van der Waals surface area contributed by atoms with Crippen molar-refractivity contribution in [2.24, 2.45) is 0 Å². The first-order chi connectivity index (χ1) is 14.0. The third kappa shape index (κ3) is 3.97. The van der Waals surface area contributed by atoms with Crippen molar-refractivity contribution >= 4 is 45.0 Å². The maximum absolute atomic E-state index is 12.9. The van der Waals surface area contributed by atoms with E-state index < -0.39 is 17.7 Å². The summed E-state index contributed by atoms with van der Waals surface area (Å²) < 4.78 is 6.57. The Kier molecular flexibility index (Phi) is 5.76. The summed E-state index contributed by atoms with van der Waals surface area (Å²) in [6.45, 7) is 0.963. The molecule has 2 aromatic rings. The van der Waals surface area contributed by atoms with Crippen molar-refractivity contribution in [3.8, 4) is 0 Å². The van der Waals surface area contributed by atoms with Crippen molar-refractivity contribution in [3.05, 3.63) is 74.7 Å². The van der Waals surface area contributed by atoms with Crippen LogP contribution in [0.3, 0.4) is 0 Å². The summed E-state index contributed by atoms with van der Waals surface area (Å²) in [6, 6.07) is 13.2. The number of carbonyl (C=O) groups is 2. The molecule has 4 rings (SSSR count). The SMILES string of the molecule is O=C1C(=O)N(C[C@@H]2CCCO2)[C@H](c2ccc(Br)cc2)/C1=C(\O)c1ccc(Cl)cc1. The number of benzene rings is 2. The molecule has 0 radical (unpaired) electrons. The molecule has 0 bridgehead atoms. The van der Waals surface area contributed by atoms with E-state index in [9.17, 15) is 14.7 Å². The van der Waals surface area contributed by atoms with Gasteiger partial charge in [-0.15, -0.1) is 0 Å². The lowest BCUT2D eigenvalue weighted by Crippen LogP contribution is -2.36. The molecule has 2 aromatic carbocycles. The van der Waals surface area contributed by atoms with Crippen LogP contribution in [0.2, 0.25) is 5.02 Å². The maximum atomic E-state index is 12.9. The van der Waals surface area contributed by atoms with Gasteiger partial charge < -0.3 is 14.7 Å². The first-order valence-electron chi connectivity index (χ1n) is 9.37. The first-order valence-corrected chi connectivity index (χ1v) is 10.5. The molecule has 2 fully saturated rings. The largest absolute Gasteiger partial charge is 0.507 e. The Morgan fingerprint density at radius 2 is 1.83 bits per heavy atom. The van der Waals surface area contributed by atoms with Gasteiger partial charge in [0.25, 0.3) is 11.7 Å². The van der Waals surface area contributed by atoms with Crippen molar-refractivity contribution in [3.63, 3.8) is 0 Å². The molecule has 2 saturated heterocycles. The minimum absolute atomic E-state index is 0.0811. The summed E-state index contributed by atoms with van der Waals surface area (Å²) in [6.07, 6.45) is 1.66. The number of aliphatic hydroxyl groups excluding tert-OH is 1. The Morgan fingerprint density at radius 3 is 2.45 bits per heavy atom. The average Bonchev–Trinajstić information content (AvgIpc) is 3.31. The fraction of sp³-hybridized carbons (Fsp3) is 0.273. The standard InChI is InChI=1S/C22H19BrClNO4/c23-15-7-3-13(4-8-15)19-18(20(26)14-5-9-16(24)10-6-14)21(27)22(28)25(19)12-17-2-1-11-29-17/h3-10,17,19,26H,1-2,11-12H2/b20-18+/t17-,19+/m0/s1. The molecule has 0 spiro atoms. The van der Waals surface area contributed by atoms with Crippen molar-refractivity contribution < 1.29 is 19.4 Å². The quantitative estimate of drug-likeness (QED) is 0.394. The minimum Gasteiger partial charge on any atom is -0.507 e. The van der Waals surface area contributed by atoms with E-state index in [-0.39, 0.29) is 17.4 Å². The van der Waals surface area contributed by atoms with Gasteiger partial charge in [-0.2, -0.15) is 0 Å². The van der Waals surface area contributed by atoms with Gasteiger partial charge in [-0.05, 0) is 54.8 Å². The zero-order valence-corrected chi connectivity index (χ0v) is 17.8. The molecule has 0 aliphatic carbocycles. The predicted molar refractivity (Wildman–Crippen MR) is 114 cm³/mol. The number of halogens is 2. The highest BCUT2D eigenvalue weighted by Gasteiger charge is 2.47. The van der Waals surface area contributed by atoms with E-state index in [1.807, 2.05) is 24.3 Å². The van der Waals surface area contributed by atoms with Crippen LogP contribution in [0.1, 0.15) is 30.0 Å². The summed E-state index contributed by atoms with van der Waals surface area (Å²) in [5, 5.41) is 11.5. The molecule has 2 aliphatic heterocycles. The van der Waals surface area contributed by atoms with Gasteiger partial charge in [0.15, 0.2) is 0 Å². The molecule has 1 N–H and O–H groups in total.